The van der Waals surface area contributed by atoms with Gasteiger partial charge >= 0.3 is 6.18 Å². The number of hydrogen-bond acceptors (Lipinski definition) is 3. The van der Waals surface area contributed by atoms with Crippen LogP contribution >= 0.6 is 0 Å². The average molecular weight is 402 g/mol. The first-order chi connectivity index (χ1) is 13.9. The molecule has 0 aromatic heterocycles. The van der Waals surface area contributed by atoms with Crippen LogP contribution in [-0.2, 0) is 24.0 Å². The molecule has 152 valence electrons. The molecule has 29 heavy (non-hydrogen) atoms. The molecule has 2 fully saturated rings. The van der Waals surface area contributed by atoms with E-state index >= 15 is 0 Å². The molecule has 3 heterocycles. The van der Waals surface area contributed by atoms with Crippen LogP contribution in [0.4, 0.5) is 18.9 Å². The zero-order valence-electron chi connectivity index (χ0n) is 15.8. The Morgan fingerprint density at radius 3 is 2.62 bits per heavy atom. The first kappa shape index (κ1) is 18.6. The standard InChI is InChI=1S/C22H21F3N2O2/c23-22(24,25)20-8-14(9-26-10-15-6-17(11-26)29-13-15)7-18-19(20)12-27(21(18)28)16-4-2-1-3-5-16/h1-5,7-8,15,17H,6,9-13H2. The van der Waals surface area contributed by atoms with Crippen molar-refractivity contribution in [2.75, 3.05) is 24.6 Å². The Hall–Kier alpha value is -2.38. The minimum atomic E-state index is -4.50. The van der Waals surface area contributed by atoms with Gasteiger partial charge in [0.2, 0.25) is 0 Å². The molecular weight excluding hydrogens is 381 g/mol. The molecule has 2 aromatic carbocycles. The van der Waals surface area contributed by atoms with Gasteiger partial charge in [-0.05, 0) is 47.7 Å². The predicted octanol–water partition coefficient (Wildman–Crippen LogP) is 4.09. The Balaban J connectivity index is 1.48. The monoisotopic (exact) mass is 402 g/mol. The summed E-state index contributed by atoms with van der Waals surface area (Å²) < 4.78 is 47.2. The number of amides is 1. The highest BCUT2D eigenvalue weighted by molar-refractivity contribution is 6.10. The van der Waals surface area contributed by atoms with Crippen LogP contribution in [0.3, 0.4) is 0 Å². The number of benzene rings is 2. The Kier molecular flexibility index (Phi) is 4.40. The third-order valence-electron chi connectivity index (χ3n) is 6.02. The maximum Gasteiger partial charge on any atom is 0.416 e. The molecule has 0 aliphatic carbocycles. The van der Waals surface area contributed by atoms with Crippen molar-refractivity contribution in [2.24, 2.45) is 5.92 Å². The Morgan fingerprint density at radius 2 is 1.90 bits per heavy atom. The number of hydrogen-bond donors (Lipinski definition) is 0. The molecule has 0 N–H and O–H groups in total. The summed E-state index contributed by atoms with van der Waals surface area (Å²) in [5.74, 6) is 0.0704. The lowest BCUT2D eigenvalue weighted by Gasteiger charge is -2.30. The number of halogens is 3. The van der Waals surface area contributed by atoms with Gasteiger partial charge in [-0.15, -0.1) is 0 Å². The van der Waals surface area contributed by atoms with Crippen LogP contribution < -0.4 is 4.90 Å². The van der Waals surface area contributed by atoms with Gasteiger partial charge in [0.05, 0.1) is 24.8 Å². The van der Waals surface area contributed by atoms with Crippen LogP contribution in [0.2, 0.25) is 0 Å². The summed E-state index contributed by atoms with van der Waals surface area (Å²) in [4.78, 5) is 16.5. The van der Waals surface area contributed by atoms with Crippen LogP contribution in [0.1, 0.15) is 33.5 Å². The van der Waals surface area contributed by atoms with Gasteiger partial charge in [0.15, 0.2) is 0 Å². The van der Waals surface area contributed by atoms with Crippen LogP contribution in [0, 0.1) is 5.92 Å². The molecule has 2 saturated heterocycles. The first-order valence-electron chi connectivity index (χ1n) is 9.82. The zero-order valence-corrected chi connectivity index (χ0v) is 15.8. The molecule has 3 aliphatic heterocycles. The topological polar surface area (TPSA) is 32.8 Å². The highest BCUT2D eigenvalue weighted by atomic mass is 19.4. The molecule has 0 saturated carbocycles. The van der Waals surface area contributed by atoms with E-state index in [1.165, 1.54) is 11.0 Å². The second-order valence-corrected chi connectivity index (χ2v) is 8.15. The summed E-state index contributed by atoms with van der Waals surface area (Å²) in [5, 5.41) is 0. The normalized spacial score (nSPS) is 24.2. The predicted molar refractivity (Wildman–Crippen MR) is 102 cm³/mol. The molecule has 2 bridgehead atoms. The third-order valence-corrected chi connectivity index (χ3v) is 6.02. The summed E-state index contributed by atoms with van der Waals surface area (Å²) in [7, 11) is 0. The van der Waals surface area contributed by atoms with Crippen molar-refractivity contribution in [3.05, 3.63) is 64.7 Å². The van der Waals surface area contributed by atoms with Crippen molar-refractivity contribution in [3.63, 3.8) is 0 Å². The zero-order chi connectivity index (χ0) is 20.2. The van der Waals surface area contributed by atoms with E-state index in [4.69, 9.17) is 4.74 Å². The number of ether oxygens (including phenoxy) is 1. The van der Waals surface area contributed by atoms with E-state index < -0.39 is 11.7 Å². The molecule has 0 radical (unpaired) electrons. The van der Waals surface area contributed by atoms with Gasteiger partial charge < -0.3 is 9.64 Å². The number of fused-ring (bicyclic) bond motifs is 3. The van der Waals surface area contributed by atoms with Crippen molar-refractivity contribution >= 4 is 11.6 Å². The summed E-state index contributed by atoms with van der Waals surface area (Å²) in [5.41, 5.74) is 0.661. The molecule has 0 spiro atoms. The van der Waals surface area contributed by atoms with E-state index in [1.54, 1.807) is 30.3 Å². The average Bonchev–Trinajstić information content (AvgIpc) is 3.20. The maximum atomic E-state index is 13.8. The van der Waals surface area contributed by atoms with Gasteiger partial charge in [0.25, 0.3) is 5.91 Å². The lowest BCUT2D eigenvalue weighted by Crippen LogP contribution is -2.38. The second kappa shape index (κ2) is 6.85. The molecule has 4 nitrogen and oxygen atoms in total. The molecule has 7 heteroatoms. The second-order valence-electron chi connectivity index (χ2n) is 8.15. The van der Waals surface area contributed by atoms with Crippen molar-refractivity contribution in [1.29, 1.82) is 0 Å². The molecule has 2 unspecified atom stereocenters. The van der Waals surface area contributed by atoms with E-state index in [1.807, 2.05) is 6.07 Å². The maximum absolute atomic E-state index is 13.8. The van der Waals surface area contributed by atoms with E-state index in [-0.39, 0.29) is 29.7 Å². The van der Waals surface area contributed by atoms with Crippen LogP contribution in [0.25, 0.3) is 0 Å². The summed E-state index contributed by atoms with van der Waals surface area (Å²) in [6.07, 6.45) is -3.31. The fourth-order valence-electron chi connectivity index (χ4n) is 4.78. The highest BCUT2D eigenvalue weighted by Gasteiger charge is 2.41. The number of piperidine rings is 1. The minimum Gasteiger partial charge on any atom is -0.377 e. The number of likely N-dealkylation sites (tertiary alicyclic amines) is 1. The largest absolute Gasteiger partial charge is 0.416 e. The number of nitrogens with zero attached hydrogens (tertiary/aromatic N) is 2. The molecule has 3 aliphatic rings. The van der Waals surface area contributed by atoms with Crippen LogP contribution in [-0.4, -0.2) is 36.6 Å². The summed E-state index contributed by atoms with van der Waals surface area (Å²) in [6, 6.07) is 11.7. The quantitative estimate of drug-likeness (QED) is 0.776. The van der Waals surface area contributed by atoms with E-state index in [0.29, 0.717) is 23.7 Å². The summed E-state index contributed by atoms with van der Waals surface area (Å²) in [6.45, 7) is 2.60. The number of rotatable bonds is 3. The number of anilines is 1. The van der Waals surface area contributed by atoms with Gasteiger partial charge in [-0.1, -0.05) is 18.2 Å². The number of alkyl halides is 3. The highest BCUT2D eigenvalue weighted by Crippen LogP contribution is 2.40. The van der Waals surface area contributed by atoms with Crippen molar-refractivity contribution in [2.45, 2.75) is 31.8 Å². The van der Waals surface area contributed by atoms with Crippen LogP contribution in [0.5, 0.6) is 0 Å². The third kappa shape index (κ3) is 3.42. The van der Waals surface area contributed by atoms with Crippen LogP contribution in [0.15, 0.2) is 42.5 Å². The van der Waals surface area contributed by atoms with Gasteiger partial charge in [-0.25, -0.2) is 0 Å². The molecule has 2 atom stereocenters. The smallest absolute Gasteiger partial charge is 0.377 e. The Labute approximate surface area is 166 Å². The van der Waals surface area contributed by atoms with Gasteiger partial charge in [0.1, 0.15) is 0 Å². The fraction of sp³-hybridized carbons (Fsp3) is 0.409. The summed E-state index contributed by atoms with van der Waals surface area (Å²) >= 11 is 0. The van der Waals surface area contributed by atoms with E-state index in [9.17, 15) is 18.0 Å². The number of para-hydroxylation sites is 1. The molecular formula is C22H21F3N2O2. The number of carbonyl (C=O) groups is 1. The Morgan fingerprint density at radius 1 is 1.10 bits per heavy atom. The SMILES string of the molecule is O=C1c2cc(CN3CC4COC(C4)C3)cc(C(F)(F)F)c2CN1c1ccccc1. The van der Waals surface area contributed by atoms with Gasteiger partial charge in [-0.3, -0.25) is 9.69 Å². The van der Waals surface area contributed by atoms with E-state index in [0.717, 1.165) is 26.1 Å². The van der Waals surface area contributed by atoms with Crippen molar-refractivity contribution in [1.82, 2.24) is 4.90 Å². The molecule has 2 aromatic rings. The minimum absolute atomic E-state index is 0.0605. The molecule has 5 rings (SSSR count). The Bertz CT molecular complexity index is 933. The fourth-order valence-corrected chi connectivity index (χ4v) is 4.78. The van der Waals surface area contributed by atoms with E-state index in [2.05, 4.69) is 4.90 Å². The van der Waals surface area contributed by atoms with Gasteiger partial charge in [-0.2, -0.15) is 13.2 Å². The number of carbonyl (C=O) groups excluding carboxylic acids is 1. The molecule has 1 amide bonds. The lowest BCUT2D eigenvalue weighted by atomic mass is 9.96. The van der Waals surface area contributed by atoms with Crippen molar-refractivity contribution in [3.8, 4) is 0 Å². The first-order valence-corrected chi connectivity index (χ1v) is 9.82. The lowest BCUT2D eigenvalue weighted by molar-refractivity contribution is -0.138. The van der Waals surface area contributed by atoms with Crippen molar-refractivity contribution < 1.29 is 22.7 Å². The van der Waals surface area contributed by atoms with Gasteiger partial charge in [0, 0.05) is 30.9 Å².